The van der Waals surface area contributed by atoms with Gasteiger partial charge in [0.15, 0.2) is 0 Å². The number of carbonyl (C=O) groups excluding carboxylic acids is 2. The van der Waals surface area contributed by atoms with Crippen LogP contribution in [-0.2, 0) is 19.1 Å². The molecule has 1 fully saturated rings. The second-order valence-corrected chi connectivity index (χ2v) is 1.66. The quantitative estimate of drug-likeness (QED) is 0.378. The molecule has 1 saturated heterocycles. The summed E-state index contributed by atoms with van der Waals surface area (Å²) in [7, 11) is 0. The fourth-order valence-electron chi connectivity index (χ4n) is 0.424. The number of cyclic esters (lactones) is 2. The number of halogens is 3. The molecule has 0 unspecified atom stereocenters. The second kappa shape index (κ2) is 2.11. The lowest BCUT2D eigenvalue weighted by atomic mass is 10.3. The Morgan fingerprint density at radius 1 is 1.18 bits per heavy atom. The lowest BCUT2D eigenvalue weighted by molar-refractivity contribution is -0.266. The molecule has 1 aliphatic heterocycles. The molecular formula is C4HF3O4. The van der Waals surface area contributed by atoms with Crippen molar-refractivity contribution in [3.8, 4) is 0 Å². The summed E-state index contributed by atoms with van der Waals surface area (Å²) in [4.78, 5) is 20.0. The molecule has 0 atom stereocenters. The first-order chi connectivity index (χ1) is 4.94. The SMILES string of the molecule is O=C1OC(F)OC(=O)C1(F)F. The normalized spacial score (nSPS) is 24.3. The van der Waals surface area contributed by atoms with Crippen LogP contribution < -0.4 is 0 Å². The van der Waals surface area contributed by atoms with E-state index in [1.165, 1.54) is 0 Å². The number of hydrogen-bond acceptors (Lipinski definition) is 4. The molecule has 0 saturated carbocycles. The maximum atomic E-state index is 12.0. The van der Waals surface area contributed by atoms with Gasteiger partial charge in [0.25, 0.3) is 0 Å². The van der Waals surface area contributed by atoms with Crippen LogP contribution in [0.4, 0.5) is 13.2 Å². The molecule has 0 N–H and O–H groups in total. The number of alkyl halides is 3. The van der Waals surface area contributed by atoms with Gasteiger partial charge in [0.1, 0.15) is 0 Å². The Morgan fingerprint density at radius 3 is 1.91 bits per heavy atom. The molecule has 0 aromatic rings. The van der Waals surface area contributed by atoms with E-state index in [0.717, 1.165) is 0 Å². The van der Waals surface area contributed by atoms with Crippen LogP contribution in [0, 0.1) is 0 Å². The number of esters is 2. The molecule has 0 spiro atoms. The summed E-state index contributed by atoms with van der Waals surface area (Å²) < 4.78 is 42.5. The van der Waals surface area contributed by atoms with Crippen LogP contribution in [0.1, 0.15) is 0 Å². The van der Waals surface area contributed by atoms with Crippen molar-refractivity contribution in [1.29, 1.82) is 0 Å². The molecule has 0 bridgehead atoms. The number of rotatable bonds is 0. The average molecular weight is 170 g/mol. The monoisotopic (exact) mass is 170 g/mol. The molecule has 11 heavy (non-hydrogen) atoms. The minimum absolute atomic E-state index is 2.23. The molecule has 7 heteroatoms. The van der Waals surface area contributed by atoms with Gasteiger partial charge in [0.2, 0.25) is 0 Å². The van der Waals surface area contributed by atoms with E-state index in [1.54, 1.807) is 0 Å². The number of hydrogen-bond donors (Lipinski definition) is 0. The molecule has 4 nitrogen and oxygen atoms in total. The zero-order valence-corrected chi connectivity index (χ0v) is 4.84. The molecule has 0 radical (unpaired) electrons. The highest BCUT2D eigenvalue weighted by Gasteiger charge is 2.56. The Balaban J connectivity index is 2.84. The third-order valence-electron chi connectivity index (χ3n) is 0.912. The van der Waals surface area contributed by atoms with E-state index < -0.39 is 24.4 Å². The van der Waals surface area contributed by atoms with E-state index in [0.29, 0.717) is 0 Å². The lowest BCUT2D eigenvalue weighted by Gasteiger charge is -2.21. The molecule has 0 aromatic carbocycles. The first-order valence-corrected chi connectivity index (χ1v) is 2.38. The Hall–Kier alpha value is -1.27. The van der Waals surface area contributed by atoms with Gasteiger partial charge in [-0.15, -0.1) is 0 Å². The Kier molecular flexibility index (Phi) is 1.50. The maximum absolute atomic E-state index is 12.0. The summed E-state index contributed by atoms with van der Waals surface area (Å²) in [5.74, 6) is -8.86. The molecular weight excluding hydrogens is 169 g/mol. The van der Waals surface area contributed by atoms with Crippen molar-refractivity contribution in [2.24, 2.45) is 0 Å². The van der Waals surface area contributed by atoms with E-state index >= 15 is 0 Å². The van der Waals surface area contributed by atoms with Crippen LogP contribution in [0.5, 0.6) is 0 Å². The fraction of sp³-hybridized carbons (Fsp3) is 0.500. The highest BCUT2D eigenvalue weighted by atomic mass is 19.3. The number of carbonyl (C=O) groups is 2. The van der Waals surface area contributed by atoms with Crippen molar-refractivity contribution in [3.63, 3.8) is 0 Å². The Bertz CT molecular complexity index is 193. The first-order valence-electron chi connectivity index (χ1n) is 2.38. The highest BCUT2D eigenvalue weighted by molar-refractivity contribution is 6.02. The minimum Gasteiger partial charge on any atom is -0.392 e. The summed E-state index contributed by atoms with van der Waals surface area (Å²) >= 11 is 0. The predicted molar refractivity (Wildman–Crippen MR) is 22.0 cm³/mol. The summed E-state index contributed by atoms with van der Waals surface area (Å²) in [5.41, 5.74) is 0. The van der Waals surface area contributed by atoms with Gasteiger partial charge in [0.05, 0.1) is 0 Å². The molecule has 0 aromatic heterocycles. The summed E-state index contributed by atoms with van der Waals surface area (Å²) in [6, 6.07) is 0. The Labute approximate surface area is 57.9 Å². The van der Waals surface area contributed by atoms with E-state index in [9.17, 15) is 22.8 Å². The highest BCUT2D eigenvalue weighted by Crippen LogP contribution is 2.24. The summed E-state index contributed by atoms with van der Waals surface area (Å²) in [6.45, 7) is -2.73. The predicted octanol–water partition coefficient (Wildman–Crippen LogP) is -0.0252. The average Bonchev–Trinajstić information content (AvgIpc) is 1.84. The van der Waals surface area contributed by atoms with E-state index in [-0.39, 0.29) is 0 Å². The van der Waals surface area contributed by atoms with Crippen molar-refractivity contribution >= 4 is 11.9 Å². The molecule has 1 rings (SSSR count). The zero-order valence-electron chi connectivity index (χ0n) is 4.84. The molecule has 62 valence electrons. The van der Waals surface area contributed by atoms with Crippen molar-refractivity contribution < 1.29 is 32.2 Å². The van der Waals surface area contributed by atoms with Crippen LogP contribution in [-0.4, -0.2) is 24.4 Å². The van der Waals surface area contributed by atoms with Gasteiger partial charge in [-0.2, -0.15) is 13.2 Å². The molecule has 1 aliphatic rings. The van der Waals surface area contributed by atoms with E-state index in [1.807, 2.05) is 0 Å². The summed E-state index contributed by atoms with van der Waals surface area (Å²) in [6.07, 6.45) is 0. The van der Waals surface area contributed by atoms with Crippen LogP contribution >= 0.6 is 0 Å². The third-order valence-corrected chi connectivity index (χ3v) is 0.912. The smallest absolute Gasteiger partial charge is 0.392 e. The van der Waals surface area contributed by atoms with Gasteiger partial charge >= 0.3 is 24.4 Å². The van der Waals surface area contributed by atoms with E-state index in [4.69, 9.17) is 0 Å². The topological polar surface area (TPSA) is 52.6 Å². The van der Waals surface area contributed by atoms with Gasteiger partial charge in [-0.05, 0) is 0 Å². The van der Waals surface area contributed by atoms with Crippen LogP contribution in [0.25, 0.3) is 0 Å². The summed E-state index contributed by atoms with van der Waals surface area (Å²) in [5, 5.41) is 0. The fourth-order valence-corrected chi connectivity index (χ4v) is 0.424. The number of ether oxygens (including phenoxy) is 2. The zero-order chi connectivity index (χ0) is 8.65. The lowest BCUT2D eigenvalue weighted by Crippen LogP contribution is -2.48. The molecule has 0 aliphatic carbocycles. The van der Waals surface area contributed by atoms with Crippen molar-refractivity contribution in [2.45, 2.75) is 12.5 Å². The molecule has 0 amide bonds. The van der Waals surface area contributed by atoms with Gasteiger partial charge < -0.3 is 9.47 Å². The van der Waals surface area contributed by atoms with Crippen LogP contribution in [0.2, 0.25) is 0 Å². The van der Waals surface area contributed by atoms with Crippen molar-refractivity contribution in [3.05, 3.63) is 0 Å². The van der Waals surface area contributed by atoms with Gasteiger partial charge in [-0.3, -0.25) is 0 Å². The first kappa shape index (κ1) is 7.83. The maximum Gasteiger partial charge on any atom is 0.437 e. The van der Waals surface area contributed by atoms with Crippen molar-refractivity contribution in [1.82, 2.24) is 0 Å². The van der Waals surface area contributed by atoms with Gasteiger partial charge in [-0.25, -0.2) is 9.59 Å². The standard InChI is InChI=1S/C4HF3O4/c5-3-10-1(8)4(6,7)2(9)11-3/h3H. The largest absolute Gasteiger partial charge is 0.437 e. The van der Waals surface area contributed by atoms with Gasteiger partial charge in [-0.1, -0.05) is 0 Å². The van der Waals surface area contributed by atoms with Crippen molar-refractivity contribution in [2.75, 3.05) is 0 Å². The minimum atomic E-state index is -4.39. The van der Waals surface area contributed by atoms with Crippen LogP contribution in [0.15, 0.2) is 0 Å². The van der Waals surface area contributed by atoms with Gasteiger partial charge in [0, 0.05) is 0 Å². The second-order valence-electron chi connectivity index (χ2n) is 1.66. The molecule has 1 heterocycles. The van der Waals surface area contributed by atoms with Crippen LogP contribution in [0.3, 0.4) is 0 Å². The van der Waals surface area contributed by atoms with E-state index in [2.05, 4.69) is 9.47 Å². The Morgan fingerprint density at radius 2 is 1.55 bits per heavy atom. The third kappa shape index (κ3) is 1.13.